The molecule has 0 radical (unpaired) electrons. The predicted octanol–water partition coefficient (Wildman–Crippen LogP) is 4.60. The summed E-state index contributed by atoms with van der Waals surface area (Å²) >= 11 is 1.53. The Labute approximate surface area is 176 Å². The number of benzene rings is 1. The molecule has 1 aromatic heterocycles. The van der Waals surface area contributed by atoms with E-state index in [-0.39, 0.29) is 11.2 Å². The number of aromatic nitrogens is 3. The van der Waals surface area contributed by atoms with E-state index in [0.717, 1.165) is 29.8 Å². The predicted molar refractivity (Wildman–Crippen MR) is 117 cm³/mol. The number of anilines is 2. The molecule has 7 heteroatoms. The molecule has 1 amide bonds. The van der Waals surface area contributed by atoms with Crippen molar-refractivity contribution in [2.45, 2.75) is 74.2 Å². The van der Waals surface area contributed by atoms with Gasteiger partial charge < -0.3 is 14.8 Å². The first-order valence-corrected chi connectivity index (χ1v) is 11.8. The van der Waals surface area contributed by atoms with Gasteiger partial charge in [-0.25, -0.2) is 0 Å². The summed E-state index contributed by atoms with van der Waals surface area (Å²) in [6.45, 7) is 4.21. The van der Waals surface area contributed by atoms with E-state index in [4.69, 9.17) is 0 Å². The van der Waals surface area contributed by atoms with Crippen molar-refractivity contribution in [3.8, 4) is 0 Å². The molecule has 0 bridgehead atoms. The Kier molecular flexibility index (Phi) is 5.24. The maximum atomic E-state index is 12.8. The maximum absolute atomic E-state index is 12.8. The number of hydrogen-bond donors (Lipinski definition) is 1. The van der Waals surface area contributed by atoms with Crippen LogP contribution in [-0.4, -0.2) is 39.0 Å². The maximum Gasteiger partial charge on any atom is 0.237 e. The molecular formula is C22H29N5OS. The van der Waals surface area contributed by atoms with E-state index < -0.39 is 0 Å². The Morgan fingerprint density at radius 2 is 1.79 bits per heavy atom. The summed E-state index contributed by atoms with van der Waals surface area (Å²) in [7, 11) is 0. The third kappa shape index (κ3) is 4.29. The summed E-state index contributed by atoms with van der Waals surface area (Å²) < 4.78 is 2.31. The van der Waals surface area contributed by atoms with Gasteiger partial charge in [0.05, 0.1) is 5.25 Å². The molecule has 1 atom stereocenters. The fourth-order valence-corrected chi connectivity index (χ4v) is 4.95. The van der Waals surface area contributed by atoms with E-state index in [0.29, 0.717) is 12.0 Å². The summed E-state index contributed by atoms with van der Waals surface area (Å²) in [5.74, 6) is 1.73. The van der Waals surface area contributed by atoms with Crippen LogP contribution in [0.2, 0.25) is 0 Å². The van der Waals surface area contributed by atoms with E-state index in [1.807, 2.05) is 19.1 Å². The lowest BCUT2D eigenvalue weighted by atomic mass is 10.1. The SMILES string of the molecule is C[C@@H](Sc1nnc(C2CC2)n1C1CC1)C(=O)Nc1ccc(N2CCCCC2)cc1. The van der Waals surface area contributed by atoms with Gasteiger partial charge in [0.1, 0.15) is 5.82 Å². The fraction of sp³-hybridized carbons (Fsp3) is 0.591. The monoisotopic (exact) mass is 411 g/mol. The van der Waals surface area contributed by atoms with Crippen LogP contribution in [0, 0.1) is 0 Å². The number of carbonyl (C=O) groups is 1. The molecule has 0 unspecified atom stereocenters. The number of piperidine rings is 1. The van der Waals surface area contributed by atoms with Crippen LogP contribution >= 0.6 is 11.8 Å². The topological polar surface area (TPSA) is 63.1 Å². The van der Waals surface area contributed by atoms with Crippen molar-refractivity contribution < 1.29 is 4.79 Å². The Morgan fingerprint density at radius 3 is 2.45 bits per heavy atom. The van der Waals surface area contributed by atoms with Crippen LogP contribution in [-0.2, 0) is 4.79 Å². The summed E-state index contributed by atoms with van der Waals surface area (Å²) in [4.78, 5) is 15.2. The molecule has 1 aromatic carbocycles. The Morgan fingerprint density at radius 1 is 1.07 bits per heavy atom. The number of rotatable bonds is 7. The Bertz CT molecular complexity index is 866. The van der Waals surface area contributed by atoms with Gasteiger partial charge >= 0.3 is 0 Å². The molecule has 1 saturated heterocycles. The number of thioether (sulfide) groups is 1. The molecule has 2 aromatic rings. The van der Waals surface area contributed by atoms with Gasteiger partial charge in [0.2, 0.25) is 5.91 Å². The van der Waals surface area contributed by atoms with Gasteiger partial charge in [-0.05, 0) is 76.1 Å². The zero-order valence-corrected chi connectivity index (χ0v) is 17.8. The molecule has 2 heterocycles. The molecule has 2 saturated carbocycles. The van der Waals surface area contributed by atoms with Crippen LogP contribution in [0.1, 0.15) is 69.7 Å². The van der Waals surface area contributed by atoms with E-state index in [9.17, 15) is 4.79 Å². The van der Waals surface area contributed by atoms with Crippen molar-refractivity contribution in [3.05, 3.63) is 30.1 Å². The molecular weight excluding hydrogens is 382 g/mol. The minimum atomic E-state index is -0.217. The van der Waals surface area contributed by atoms with Gasteiger partial charge in [0.25, 0.3) is 0 Å². The second-order valence-corrected chi connectivity index (χ2v) is 9.87. The zero-order valence-electron chi connectivity index (χ0n) is 17.0. The smallest absolute Gasteiger partial charge is 0.237 e. The third-order valence-electron chi connectivity index (χ3n) is 6.05. The van der Waals surface area contributed by atoms with Crippen molar-refractivity contribution in [2.24, 2.45) is 0 Å². The normalized spacial score (nSPS) is 20.5. The van der Waals surface area contributed by atoms with Gasteiger partial charge in [0, 0.05) is 36.4 Å². The summed E-state index contributed by atoms with van der Waals surface area (Å²) in [6, 6.07) is 8.80. The number of amides is 1. The highest BCUT2D eigenvalue weighted by atomic mass is 32.2. The quantitative estimate of drug-likeness (QED) is 0.675. The highest BCUT2D eigenvalue weighted by Crippen LogP contribution is 2.46. The molecule has 3 fully saturated rings. The molecule has 3 aliphatic rings. The number of hydrogen-bond acceptors (Lipinski definition) is 5. The highest BCUT2D eigenvalue weighted by Gasteiger charge is 2.37. The Balaban J connectivity index is 1.21. The van der Waals surface area contributed by atoms with Gasteiger partial charge in [-0.3, -0.25) is 4.79 Å². The van der Waals surface area contributed by atoms with E-state index in [2.05, 4.69) is 37.1 Å². The minimum absolute atomic E-state index is 0.0130. The number of nitrogens with one attached hydrogen (secondary N) is 1. The molecule has 2 aliphatic carbocycles. The first-order valence-electron chi connectivity index (χ1n) is 11.0. The van der Waals surface area contributed by atoms with Crippen LogP contribution in [0.25, 0.3) is 0 Å². The van der Waals surface area contributed by atoms with Crippen LogP contribution in [0.4, 0.5) is 11.4 Å². The lowest BCUT2D eigenvalue weighted by molar-refractivity contribution is -0.115. The van der Waals surface area contributed by atoms with Crippen molar-refractivity contribution in [1.82, 2.24) is 14.8 Å². The molecule has 1 aliphatic heterocycles. The van der Waals surface area contributed by atoms with Gasteiger partial charge in [-0.2, -0.15) is 0 Å². The van der Waals surface area contributed by atoms with Crippen molar-refractivity contribution in [1.29, 1.82) is 0 Å². The standard InChI is InChI=1S/C22H29N5OS/c1-15(29-22-25-24-20(16-5-6-16)27(22)19-11-12-19)21(28)23-17-7-9-18(10-8-17)26-13-3-2-4-14-26/h7-10,15-16,19H,2-6,11-14H2,1H3,(H,23,28)/t15-/m1/s1. The molecule has 6 nitrogen and oxygen atoms in total. The summed E-state index contributed by atoms with van der Waals surface area (Å²) in [6.07, 6.45) is 8.71. The molecule has 29 heavy (non-hydrogen) atoms. The average Bonchev–Trinajstić information content (AvgIpc) is 3.68. The molecule has 5 rings (SSSR count). The summed E-state index contributed by atoms with van der Waals surface area (Å²) in [5, 5.41) is 12.6. The largest absolute Gasteiger partial charge is 0.372 e. The Hall–Kier alpha value is -2.02. The van der Waals surface area contributed by atoms with E-state index in [1.54, 1.807) is 0 Å². The van der Waals surface area contributed by atoms with Crippen LogP contribution < -0.4 is 10.2 Å². The van der Waals surface area contributed by atoms with Gasteiger partial charge in [0.15, 0.2) is 5.16 Å². The number of nitrogens with zero attached hydrogens (tertiary/aromatic N) is 4. The van der Waals surface area contributed by atoms with Gasteiger partial charge in [-0.15, -0.1) is 10.2 Å². The third-order valence-corrected chi connectivity index (χ3v) is 7.11. The van der Waals surface area contributed by atoms with Gasteiger partial charge in [-0.1, -0.05) is 11.8 Å². The average molecular weight is 412 g/mol. The van der Waals surface area contributed by atoms with E-state index >= 15 is 0 Å². The first kappa shape index (κ1) is 19.0. The van der Waals surface area contributed by atoms with Crippen molar-refractivity contribution in [3.63, 3.8) is 0 Å². The lowest BCUT2D eigenvalue weighted by Gasteiger charge is -2.28. The minimum Gasteiger partial charge on any atom is -0.372 e. The highest BCUT2D eigenvalue weighted by molar-refractivity contribution is 8.00. The van der Waals surface area contributed by atoms with Crippen LogP contribution in [0.5, 0.6) is 0 Å². The second kappa shape index (κ2) is 8.01. The van der Waals surface area contributed by atoms with Crippen LogP contribution in [0.15, 0.2) is 29.4 Å². The molecule has 1 N–H and O–H groups in total. The molecule has 154 valence electrons. The molecule has 0 spiro atoms. The number of carbonyl (C=O) groups excluding carboxylic acids is 1. The zero-order chi connectivity index (χ0) is 19.8. The second-order valence-electron chi connectivity index (χ2n) is 8.56. The van der Waals surface area contributed by atoms with E-state index in [1.165, 1.54) is 62.4 Å². The first-order chi connectivity index (χ1) is 14.2. The summed E-state index contributed by atoms with van der Waals surface area (Å²) in [5.41, 5.74) is 2.10. The van der Waals surface area contributed by atoms with Crippen molar-refractivity contribution in [2.75, 3.05) is 23.3 Å². The lowest BCUT2D eigenvalue weighted by Crippen LogP contribution is -2.29. The fourth-order valence-electron chi connectivity index (χ4n) is 4.03. The van der Waals surface area contributed by atoms with Crippen LogP contribution in [0.3, 0.4) is 0 Å². The van der Waals surface area contributed by atoms with Crippen molar-refractivity contribution >= 4 is 29.0 Å².